The van der Waals surface area contributed by atoms with Crippen molar-refractivity contribution in [2.45, 2.75) is 18.2 Å². The number of carbonyl (C=O) groups excluding carboxylic acids is 1. The number of anilines is 1. The third kappa shape index (κ3) is 3.58. The van der Waals surface area contributed by atoms with Crippen molar-refractivity contribution in [3.05, 3.63) is 58.6 Å². The van der Waals surface area contributed by atoms with Crippen LogP contribution in [0.4, 0.5) is 5.69 Å². The lowest BCUT2D eigenvalue weighted by atomic mass is 10.2. The molecule has 0 unspecified atom stereocenters. The highest BCUT2D eigenvalue weighted by Gasteiger charge is 2.18. The predicted octanol–water partition coefficient (Wildman–Crippen LogP) is 2.80. The SMILES string of the molecule is CCc1ccc(S(=O)(=O)Nc2ccc(Cl)cc2C(N)=O)cc1. The first-order valence-electron chi connectivity index (χ1n) is 6.54. The summed E-state index contributed by atoms with van der Waals surface area (Å²) in [6.45, 7) is 1.98. The Morgan fingerprint density at radius 3 is 2.36 bits per heavy atom. The number of rotatable bonds is 5. The second kappa shape index (κ2) is 6.37. The minimum atomic E-state index is -3.81. The van der Waals surface area contributed by atoms with E-state index in [1.165, 1.54) is 30.3 Å². The predicted molar refractivity (Wildman–Crippen MR) is 86.6 cm³/mol. The molecule has 2 aromatic rings. The normalized spacial score (nSPS) is 11.2. The number of nitrogens with one attached hydrogen (secondary N) is 1. The number of sulfonamides is 1. The van der Waals surface area contributed by atoms with E-state index in [1.54, 1.807) is 12.1 Å². The Morgan fingerprint density at radius 1 is 1.18 bits per heavy atom. The molecule has 1 amide bonds. The van der Waals surface area contributed by atoms with Crippen LogP contribution in [0.2, 0.25) is 5.02 Å². The van der Waals surface area contributed by atoms with Crippen LogP contribution in [0.25, 0.3) is 0 Å². The second-order valence-corrected chi connectivity index (χ2v) is 6.78. The highest BCUT2D eigenvalue weighted by Crippen LogP contribution is 2.23. The van der Waals surface area contributed by atoms with Gasteiger partial charge in [0.05, 0.1) is 16.1 Å². The molecule has 0 spiro atoms. The molecule has 2 aromatic carbocycles. The van der Waals surface area contributed by atoms with Gasteiger partial charge in [0.25, 0.3) is 15.9 Å². The first-order chi connectivity index (χ1) is 10.3. The molecule has 0 atom stereocenters. The van der Waals surface area contributed by atoms with Crippen molar-refractivity contribution in [2.75, 3.05) is 4.72 Å². The lowest BCUT2D eigenvalue weighted by Crippen LogP contribution is -2.18. The largest absolute Gasteiger partial charge is 0.366 e. The number of aryl methyl sites for hydroxylation is 1. The first kappa shape index (κ1) is 16.3. The standard InChI is InChI=1S/C15H15ClN2O3S/c1-2-10-3-6-12(7-4-10)22(20,21)18-14-8-5-11(16)9-13(14)15(17)19/h3-9,18H,2H2,1H3,(H2,17,19). The van der Waals surface area contributed by atoms with Crippen LogP contribution >= 0.6 is 11.6 Å². The monoisotopic (exact) mass is 338 g/mol. The number of amides is 1. The van der Waals surface area contributed by atoms with E-state index in [-0.39, 0.29) is 16.1 Å². The summed E-state index contributed by atoms with van der Waals surface area (Å²) in [5.74, 6) is -0.762. The number of hydrogen-bond donors (Lipinski definition) is 2. The van der Waals surface area contributed by atoms with Gasteiger partial charge in [0.1, 0.15) is 0 Å². The zero-order valence-corrected chi connectivity index (χ0v) is 13.4. The van der Waals surface area contributed by atoms with Crippen LogP contribution in [0.5, 0.6) is 0 Å². The van der Waals surface area contributed by atoms with Gasteiger partial charge in [0.15, 0.2) is 0 Å². The zero-order chi connectivity index (χ0) is 16.3. The third-order valence-electron chi connectivity index (χ3n) is 3.13. The van der Waals surface area contributed by atoms with Gasteiger partial charge in [-0.3, -0.25) is 9.52 Å². The van der Waals surface area contributed by atoms with Gasteiger partial charge >= 0.3 is 0 Å². The van der Waals surface area contributed by atoms with Gasteiger partial charge in [-0.25, -0.2) is 8.42 Å². The smallest absolute Gasteiger partial charge is 0.261 e. The van der Waals surface area contributed by atoms with Crippen LogP contribution in [-0.2, 0) is 16.4 Å². The van der Waals surface area contributed by atoms with E-state index < -0.39 is 15.9 Å². The summed E-state index contributed by atoms with van der Waals surface area (Å²) in [6.07, 6.45) is 0.816. The summed E-state index contributed by atoms with van der Waals surface area (Å²) < 4.78 is 27.1. The highest BCUT2D eigenvalue weighted by atomic mass is 35.5. The maximum absolute atomic E-state index is 12.4. The maximum atomic E-state index is 12.4. The summed E-state index contributed by atoms with van der Waals surface area (Å²) in [5.41, 5.74) is 6.39. The maximum Gasteiger partial charge on any atom is 0.261 e. The van der Waals surface area contributed by atoms with Crippen LogP contribution in [0, 0.1) is 0 Å². The topological polar surface area (TPSA) is 89.3 Å². The van der Waals surface area contributed by atoms with Gasteiger partial charge in [0.2, 0.25) is 0 Å². The van der Waals surface area contributed by atoms with Gasteiger partial charge in [-0.05, 0) is 42.3 Å². The number of nitrogens with two attached hydrogens (primary N) is 1. The highest BCUT2D eigenvalue weighted by molar-refractivity contribution is 7.92. The molecule has 0 aliphatic rings. The summed E-state index contributed by atoms with van der Waals surface area (Å²) in [6, 6.07) is 10.7. The average Bonchev–Trinajstić information content (AvgIpc) is 2.48. The Kier molecular flexibility index (Phi) is 4.73. The van der Waals surface area contributed by atoms with Crippen molar-refractivity contribution in [1.82, 2.24) is 0 Å². The lowest BCUT2D eigenvalue weighted by Gasteiger charge is -2.11. The molecule has 0 radical (unpaired) electrons. The molecule has 0 aliphatic carbocycles. The molecule has 0 aromatic heterocycles. The van der Waals surface area contributed by atoms with Gasteiger partial charge < -0.3 is 5.73 Å². The van der Waals surface area contributed by atoms with E-state index in [1.807, 2.05) is 6.92 Å². The van der Waals surface area contributed by atoms with E-state index in [0.717, 1.165) is 12.0 Å². The lowest BCUT2D eigenvalue weighted by molar-refractivity contribution is 0.100. The molecule has 0 heterocycles. The Balaban J connectivity index is 2.38. The molecule has 0 bridgehead atoms. The number of hydrogen-bond acceptors (Lipinski definition) is 3. The number of benzene rings is 2. The molecule has 0 saturated heterocycles. The average molecular weight is 339 g/mol. The molecule has 0 saturated carbocycles. The molecule has 0 fully saturated rings. The minimum Gasteiger partial charge on any atom is -0.366 e. The Hall–Kier alpha value is -2.05. The molecule has 3 N–H and O–H groups in total. The van der Waals surface area contributed by atoms with Gasteiger partial charge in [0, 0.05) is 5.02 Å². The molecule has 116 valence electrons. The van der Waals surface area contributed by atoms with Crippen molar-refractivity contribution in [1.29, 1.82) is 0 Å². The van der Waals surface area contributed by atoms with E-state index in [2.05, 4.69) is 4.72 Å². The van der Waals surface area contributed by atoms with Gasteiger partial charge in [-0.1, -0.05) is 30.7 Å². The first-order valence-corrected chi connectivity index (χ1v) is 8.40. The molecule has 5 nitrogen and oxygen atoms in total. The summed E-state index contributed by atoms with van der Waals surface area (Å²) in [5, 5.41) is 0.295. The van der Waals surface area contributed by atoms with Crippen LogP contribution in [0.3, 0.4) is 0 Å². The van der Waals surface area contributed by atoms with Crippen molar-refractivity contribution in [3.63, 3.8) is 0 Å². The van der Waals surface area contributed by atoms with Crippen molar-refractivity contribution < 1.29 is 13.2 Å². The van der Waals surface area contributed by atoms with Crippen molar-refractivity contribution in [2.24, 2.45) is 5.73 Å². The number of carbonyl (C=O) groups is 1. The van der Waals surface area contributed by atoms with Crippen LogP contribution in [0.1, 0.15) is 22.8 Å². The second-order valence-electron chi connectivity index (χ2n) is 4.66. The summed E-state index contributed by atoms with van der Waals surface area (Å²) in [7, 11) is -3.81. The fourth-order valence-corrected chi connectivity index (χ4v) is 3.17. The summed E-state index contributed by atoms with van der Waals surface area (Å²) in [4.78, 5) is 11.5. The molecular formula is C15H15ClN2O3S. The van der Waals surface area contributed by atoms with E-state index in [9.17, 15) is 13.2 Å². The quantitative estimate of drug-likeness (QED) is 0.878. The molecule has 22 heavy (non-hydrogen) atoms. The zero-order valence-electron chi connectivity index (χ0n) is 11.8. The van der Waals surface area contributed by atoms with Crippen LogP contribution < -0.4 is 10.5 Å². The third-order valence-corrected chi connectivity index (χ3v) is 4.75. The van der Waals surface area contributed by atoms with Crippen molar-refractivity contribution in [3.8, 4) is 0 Å². The van der Waals surface area contributed by atoms with Crippen molar-refractivity contribution >= 4 is 33.2 Å². The van der Waals surface area contributed by atoms with E-state index in [4.69, 9.17) is 17.3 Å². The molecular weight excluding hydrogens is 324 g/mol. The van der Waals surface area contributed by atoms with Crippen LogP contribution in [0.15, 0.2) is 47.4 Å². The van der Waals surface area contributed by atoms with E-state index >= 15 is 0 Å². The molecule has 0 aliphatic heterocycles. The van der Waals surface area contributed by atoms with Crippen LogP contribution in [-0.4, -0.2) is 14.3 Å². The minimum absolute atomic E-state index is 0.0150. The Labute approximate surface area is 134 Å². The molecule has 7 heteroatoms. The van der Waals surface area contributed by atoms with Gasteiger partial charge in [-0.2, -0.15) is 0 Å². The fraction of sp³-hybridized carbons (Fsp3) is 0.133. The number of halogens is 1. The summed E-state index contributed by atoms with van der Waals surface area (Å²) >= 11 is 5.80. The number of primary amides is 1. The Morgan fingerprint density at radius 2 is 1.82 bits per heavy atom. The molecule has 2 rings (SSSR count). The van der Waals surface area contributed by atoms with Gasteiger partial charge in [-0.15, -0.1) is 0 Å². The Bertz CT molecular complexity index is 802. The fourth-order valence-electron chi connectivity index (χ4n) is 1.92. The van der Waals surface area contributed by atoms with E-state index in [0.29, 0.717) is 5.02 Å².